The van der Waals surface area contributed by atoms with E-state index in [2.05, 4.69) is 33.4 Å². The van der Waals surface area contributed by atoms with Gasteiger partial charge in [0.25, 0.3) is 0 Å². The van der Waals surface area contributed by atoms with Gasteiger partial charge < -0.3 is 19.9 Å². The van der Waals surface area contributed by atoms with E-state index < -0.39 is 0 Å². The van der Waals surface area contributed by atoms with E-state index in [1.807, 2.05) is 13.0 Å². The van der Waals surface area contributed by atoms with E-state index in [-0.39, 0.29) is 0 Å². The number of aromatic nitrogens is 2. The number of imidazole rings is 1. The summed E-state index contributed by atoms with van der Waals surface area (Å²) in [5.74, 6) is 0.979. The third-order valence-corrected chi connectivity index (χ3v) is 4.23. The van der Waals surface area contributed by atoms with Gasteiger partial charge in [0.2, 0.25) is 5.95 Å². The van der Waals surface area contributed by atoms with Crippen LogP contribution in [0.25, 0.3) is 11.0 Å². The van der Waals surface area contributed by atoms with Crippen molar-refractivity contribution in [2.24, 2.45) is 0 Å². The van der Waals surface area contributed by atoms with Gasteiger partial charge in [0.05, 0.1) is 17.6 Å². The Hall–Kier alpha value is -1.59. The lowest BCUT2D eigenvalue weighted by Gasteiger charge is -2.18. The zero-order valence-electron chi connectivity index (χ0n) is 13.3. The smallest absolute Gasteiger partial charge is 0.204 e. The first-order valence-corrected chi connectivity index (χ1v) is 8.38. The van der Waals surface area contributed by atoms with Crippen molar-refractivity contribution in [2.45, 2.75) is 38.8 Å². The van der Waals surface area contributed by atoms with Crippen molar-refractivity contribution in [3.63, 3.8) is 0 Å². The van der Waals surface area contributed by atoms with E-state index in [4.69, 9.17) is 9.72 Å². The molecule has 1 aromatic carbocycles. The Morgan fingerprint density at radius 2 is 2.23 bits per heavy atom. The van der Waals surface area contributed by atoms with Crippen molar-refractivity contribution in [3.05, 3.63) is 24.3 Å². The van der Waals surface area contributed by atoms with Crippen molar-refractivity contribution < 1.29 is 4.74 Å². The van der Waals surface area contributed by atoms with Crippen LogP contribution in [-0.4, -0.2) is 41.9 Å². The normalized spacial score (nSPS) is 19.2. The quantitative estimate of drug-likeness (QED) is 0.806. The summed E-state index contributed by atoms with van der Waals surface area (Å²) in [6.07, 6.45) is 3.56. The van der Waals surface area contributed by atoms with Crippen LogP contribution < -0.4 is 10.6 Å². The fourth-order valence-corrected chi connectivity index (χ4v) is 3.06. The maximum atomic E-state index is 5.53. The third-order valence-electron chi connectivity index (χ3n) is 4.23. The lowest BCUT2D eigenvalue weighted by molar-refractivity contribution is 0.140. The highest BCUT2D eigenvalue weighted by Crippen LogP contribution is 2.21. The molecule has 0 saturated carbocycles. The second kappa shape index (κ2) is 7.61. The number of fused-ring (bicyclic) bond motifs is 1. The van der Waals surface area contributed by atoms with Gasteiger partial charge in [-0.05, 0) is 51.4 Å². The Balaban J connectivity index is 1.81. The standard InChI is InChI=1S/C17H26N4O/c1-2-22-13-12-21-16-8-4-3-7-15(16)20-17(21)19-14-6-5-10-18-11-9-14/h3-4,7-8,14,18H,2,5-6,9-13H2,1H3,(H,19,20). The third kappa shape index (κ3) is 3.59. The summed E-state index contributed by atoms with van der Waals surface area (Å²) in [5.41, 5.74) is 2.23. The maximum absolute atomic E-state index is 5.53. The summed E-state index contributed by atoms with van der Waals surface area (Å²) in [4.78, 5) is 4.79. The molecule has 2 aromatic rings. The van der Waals surface area contributed by atoms with Gasteiger partial charge in [0.1, 0.15) is 0 Å². The average molecular weight is 302 g/mol. The summed E-state index contributed by atoms with van der Waals surface area (Å²) in [6, 6.07) is 8.82. The van der Waals surface area contributed by atoms with Crippen LogP contribution in [0.3, 0.4) is 0 Å². The molecule has 0 bridgehead atoms. The highest BCUT2D eigenvalue weighted by molar-refractivity contribution is 5.78. The minimum absolute atomic E-state index is 0.498. The maximum Gasteiger partial charge on any atom is 0.204 e. The molecule has 0 spiro atoms. The van der Waals surface area contributed by atoms with Crippen molar-refractivity contribution in [1.29, 1.82) is 0 Å². The molecule has 1 atom stereocenters. The van der Waals surface area contributed by atoms with Crippen LogP contribution in [0.5, 0.6) is 0 Å². The summed E-state index contributed by atoms with van der Waals surface area (Å²) >= 11 is 0. The van der Waals surface area contributed by atoms with Gasteiger partial charge >= 0.3 is 0 Å². The largest absolute Gasteiger partial charge is 0.380 e. The Morgan fingerprint density at radius 1 is 1.32 bits per heavy atom. The molecule has 1 aromatic heterocycles. The molecular formula is C17H26N4O. The summed E-state index contributed by atoms with van der Waals surface area (Å²) in [5, 5.41) is 7.12. The zero-order chi connectivity index (χ0) is 15.2. The predicted molar refractivity (Wildman–Crippen MR) is 90.4 cm³/mol. The minimum atomic E-state index is 0.498. The number of para-hydroxylation sites is 2. The van der Waals surface area contributed by atoms with Crippen molar-refractivity contribution >= 4 is 17.0 Å². The van der Waals surface area contributed by atoms with E-state index in [0.29, 0.717) is 6.04 Å². The molecule has 5 heteroatoms. The molecule has 1 aliphatic rings. The summed E-state index contributed by atoms with van der Waals surface area (Å²) < 4.78 is 7.79. The molecule has 1 fully saturated rings. The highest BCUT2D eigenvalue weighted by Gasteiger charge is 2.16. The molecule has 120 valence electrons. The Bertz CT molecular complexity index is 587. The number of nitrogens with zero attached hydrogens (tertiary/aromatic N) is 2. The average Bonchev–Trinajstić information content (AvgIpc) is 2.71. The molecule has 1 unspecified atom stereocenters. The van der Waals surface area contributed by atoms with Gasteiger partial charge in [-0.15, -0.1) is 0 Å². The summed E-state index contributed by atoms with van der Waals surface area (Å²) in [6.45, 7) is 6.54. The molecule has 22 heavy (non-hydrogen) atoms. The van der Waals surface area contributed by atoms with E-state index in [0.717, 1.165) is 50.7 Å². The Kier molecular flexibility index (Phi) is 5.29. The van der Waals surface area contributed by atoms with Crippen LogP contribution in [0.4, 0.5) is 5.95 Å². The number of benzene rings is 1. The minimum Gasteiger partial charge on any atom is -0.380 e. The Morgan fingerprint density at radius 3 is 3.14 bits per heavy atom. The van der Waals surface area contributed by atoms with E-state index in [9.17, 15) is 0 Å². The molecule has 1 saturated heterocycles. The van der Waals surface area contributed by atoms with E-state index in [1.165, 1.54) is 18.4 Å². The van der Waals surface area contributed by atoms with E-state index in [1.54, 1.807) is 0 Å². The van der Waals surface area contributed by atoms with Gasteiger partial charge in [0, 0.05) is 19.2 Å². The van der Waals surface area contributed by atoms with Crippen LogP contribution >= 0.6 is 0 Å². The second-order valence-electron chi connectivity index (χ2n) is 5.79. The van der Waals surface area contributed by atoms with Gasteiger partial charge in [0.15, 0.2) is 0 Å². The molecular weight excluding hydrogens is 276 g/mol. The fourth-order valence-electron chi connectivity index (χ4n) is 3.06. The van der Waals surface area contributed by atoms with Gasteiger partial charge in [-0.2, -0.15) is 0 Å². The first-order chi connectivity index (χ1) is 10.9. The molecule has 3 rings (SSSR count). The molecule has 0 amide bonds. The highest BCUT2D eigenvalue weighted by atomic mass is 16.5. The van der Waals surface area contributed by atoms with Crippen LogP contribution in [0, 0.1) is 0 Å². The first kappa shape index (κ1) is 15.3. The van der Waals surface area contributed by atoms with Crippen LogP contribution in [0.1, 0.15) is 26.2 Å². The summed E-state index contributed by atoms with van der Waals surface area (Å²) in [7, 11) is 0. The number of hydrogen-bond acceptors (Lipinski definition) is 4. The van der Waals surface area contributed by atoms with Crippen molar-refractivity contribution in [3.8, 4) is 0 Å². The van der Waals surface area contributed by atoms with Crippen molar-refractivity contribution in [2.75, 3.05) is 31.6 Å². The first-order valence-electron chi connectivity index (χ1n) is 8.38. The van der Waals surface area contributed by atoms with Crippen LogP contribution in [-0.2, 0) is 11.3 Å². The molecule has 0 radical (unpaired) electrons. The number of anilines is 1. The number of rotatable bonds is 6. The van der Waals surface area contributed by atoms with Crippen LogP contribution in [0.2, 0.25) is 0 Å². The predicted octanol–water partition coefficient (Wildman–Crippen LogP) is 2.63. The SMILES string of the molecule is CCOCCn1c(NC2CCCNCC2)nc2ccccc21. The molecule has 1 aliphatic heterocycles. The van der Waals surface area contributed by atoms with Crippen molar-refractivity contribution in [1.82, 2.24) is 14.9 Å². The monoisotopic (exact) mass is 302 g/mol. The van der Waals surface area contributed by atoms with Crippen LogP contribution in [0.15, 0.2) is 24.3 Å². The lowest BCUT2D eigenvalue weighted by atomic mass is 10.1. The number of ether oxygens (including phenoxy) is 1. The van der Waals surface area contributed by atoms with Gasteiger partial charge in [-0.25, -0.2) is 4.98 Å². The molecule has 2 heterocycles. The second-order valence-corrected chi connectivity index (χ2v) is 5.79. The number of hydrogen-bond donors (Lipinski definition) is 2. The van der Waals surface area contributed by atoms with E-state index >= 15 is 0 Å². The number of nitrogens with one attached hydrogen (secondary N) is 2. The lowest BCUT2D eigenvalue weighted by Crippen LogP contribution is -2.24. The Labute approximate surface area is 132 Å². The fraction of sp³-hybridized carbons (Fsp3) is 0.588. The molecule has 2 N–H and O–H groups in total. The molecule has 0 aliphatic carbocycles. The van der Waals surface area contributed by atoms with Gasteiger partial charge in [-0.1, -0.05) is 12.1 Å². The zero-order valence-corrected chi connectivity index (χ0v) is 13.3. The molecule has 5 nitrogen and oxygen atoms in total. The van der Waals surface area contributed by atoms with Gasteiger partial charge in [-0.3, -0.25) is 0 Å². The topological polar surface area (TPSA) is 51.1 Å².